The van der Waals surface area contributed by atoms with Gasteiger partial charge in [-0.3, -0.25) is 9.59 Å². The summed E-state index contributed by atoms with van der Waals surface area (Å²) in [4.78, 5) is 35.7. The number of piperidine rings is 1. The van der Waals surface area contributed by atoms with Crippen molar-refractivity contribution in [2.45, 2.75) is 32.2 Å². The van der Waals surface area contributed by atoms with Gasteiger partial charge in [0.15, 0.2) is 0 Å². The van der Waals surface area contributed by atoms with Crippen molar-refractivity contribution >= 4 is 18.0 Å². The minimum atomic E-state index is -0.901. The zero-order chi connectivity index (χ0) is 14.7. The van der Waals surface area contributed by atoms with E-state index in [1.54, 1.807) is 11.8 Å². The second kappa shape index (κ2) is 6.11. The minimum absolute atomic E-state index is 0.0169. The number of rotatable bonds is 4. The number of hydrogen-bond acceptors (Lipinski definition) is 4. The molecule has 0 bridgehead atoms. The van der Waals surface area contributed by atoms with Crippen molar-refractivity contribution in [2.75, 3.05) is 19.7 Å². The average Bonchev–Trinajstić information content (AvgIpc) is 3.20. The molecular weight excluding hydrogens is 264 g/mol. The molecule has 2 aliphatic rings. The zero-order valence-electron chi connectivity index (χ0n) is 11.5. The second-order valence-electron chi connectivity index (χ2n) is 5.26. The number of carboxylic acids is 1. The van der Waals surface area contributed by atoms with Crippen LogP contribution in [0.3, 0.4) is 0 Å². The Hall–Kier alpha value is -1.79. The van der Waals surface area contributed by atoms with E-state index in [0.29, 0.717) is 39.0 Å². The lowest BCUT2D eigenvalue weighted by molar-refractivity contribution is -0.140. The van der Waals surface area contributed by atoms with Crippen molar-refractivity contribution in [3.05, 3.63) is 0 Å². The lowest BCUT2D eigenvalue weighted by atomic mass is 10.1. The number of aliphatic carboxylic acids is 1. The van der Waals surface area contributed by atoms with Crippen molar-refractivity contribution < 1.29 is 24.2 Å². The van der Waals surface area contributed by atoms with Gasteiger partial charge in [-0.15, -0.1) is 0 Å². The van der Waals surface area contributed by atoms with E-state index in [4.69, 9.17) is 9.84 Å². The summed E-state index contributed by atoms with van der Waals surface area (Å²) in [5, 5.41) is 11.7. The van der Waals surface area contributed by atoms with Crippen molar-refractivity contribution in [3.8, 4) is 0 Å². The molecule has 2 N–H and O–H groups in total. The zero-order valence-corrected chi connectivity index (χ0v) is 11.5. The molecule has 112 valence electrons. The first-order valence-electron chi connectivity index (χ1n) is 6.97. The number of carbonyl (C=O) groups is 3. The Morgan fingerprint density at radius 3 is 2.40 bits per heavy atom. The fourth-order valence-electron chi connectivity index (χ4n) is 2.49. The van der Waals surface area contributed by atoms with Crippen molar-refractivity contribution in [3.63, 3.8) is 0 Å². The summed E-state index contributed by atoms with van der Waals surface area (Å²) >= 11 is 0. The van der Waals surface area contributed by atoms with Gasteiger partial charge >= 0.3 is 12.1 Å². The molecule has 0 aromatic rings. The van der Waals surface area contributed by atoms with E-state index in [2.05, 4.69) is 5.32 Å². The van der Waals surface area contributed by atoms with Gasteiger partial charge in [-0.05, 0) is 26.2 Å². The van der Waals surface area contributed by atoms with E-state index in [-0.39, 0.29) is 24.0 Å². The summed E-state index contributed by atoms with van der Waals surface area (Å²) in [6.07, 6.45) is 1.47. The van der Waals surface area contributed by atoms with Gasteiger partial charge < -0.3 is 20.1 Å². The van der Waals surface area contributed by atoms with E-state index in [1.165, 1.54) is 0 Å². The van der Waals surface area contributed by atoms with Gasteiger partial charge in [0, 0.05) is 19.1 Å². The molecule has 2 fully saturated rings. The van der Waals surface area contributed by atoms with Crippen LogP contribution >= 0.6 is 0 Å². The van der Waals surface area contributed by atoms with Crippen LogP contribution < -0.4 is 5.32 Å². The van der Waals surface area contributed by atoms with Crippen LogP contribution in [0.1, 0.15) is 26.2 Å². The molecule has 20 heavy (non-hydrogen) atoms. The van der Waals surface area contributed by atoms with Gasteiger partial charge in [-0.25, -0.2) is 4.79 Å². The van der Waals surface area contributed by atoms with Gasteiger partial charge in [0.2, 0.25) is 5.91 Å². The highest BCUT2D eigenvalue weighted by Gasteiger charge is 2.48. The Labute approximate surface area is 117 Å². The van der Waals surface area contributed by atoms with Crippen molar-refractivity contribution in [1.29, 1.82) is 0 Å². The number of ether oxygens (including phenoxy) is 1. The molecule has 0 radical (unpaired) electrons. The van der Waals surface area contributed by atoms with Crippen LogP contribution in [0.4, 0.5) is 4.79 Å². The Bertz CT molecular complexity index is 404. The van der Waals surface area contributed by atoms with Crippen LogP contribution in [0.25, 0.3) is 0 Å². The first-order valence-corrected chi connectivity index (χ1v) is 6.97. The van der Waals surface area contributed by atoms with Gasteiger partial charge in [-0.2, -0.15) is 0 Å². The number of likely N-dealkylation sites (tertiary alicyclic amines) is 1. The number of carbonyl (C=O) groups excluding carboxylic acids is 2. The maximum atomic E-state index is 11.8. The highest BCUT2D eigenvalue weighted by Crippen LogP contribution is 2.38. The highest BCUT2D eigenvalue weighted by atomic mass is 16.6. The van der Waals surface area contributed by atoms with Crippen LogP contribution in [0, 0.1) is 11.8 Å². The van der Waals surface area contributed by atoms with E-state index in [9.17, 15) is 14.4 Å². The SMILES string of the molecule is CCOC(=O)N1CCC(NC(=O)C2CC2C(=O)O)CC1. The fourth-order valence-corrected chi connectivity index (χ4v) is 2.49. The fraction of sp³-hybridized carbons (Fsp3) is 0.769. The molecule has 0 spiro atoms. The Balaban J connectivity index is 1.71. The van der Waals surface area contributed by atoms with Crippen molar-refractivity contribution in [1.82, 2.24) is 10.2 Å². The number of amides is 2. The smallest absolute Gasteiger partial charge is 0.409 e. The third kappa shape index (κ3) is 3.40. The maximum absolute atomic E-state index is 11.8. The monoisotopic (exact) mass is 284 g/mol. The first-order chi connectivity index (χ1) is 9.52. The third-order valence-electron chi connectivity index (χ3n) is 3.81. The average molecular weight is 284 g/mol. The first kappa shape index (κ1) is 14.6. The molecule has 1 heterocycles. The minimum Gasteiger partial charge on any atom is -0.481 e. The number of nitrogens with one attached hydrogen (secondary N) is 1. The van der Waals surface area contributed by atoms with Gasteiger partial charge in [0.1, 0.15) is 0 Å². The largest absolute Gasteiger partial charge is 0.481 e. The summed E-state index contributed by atoms with van der Waals surface area (Å²) in [5.41, 5.74) is 0. The summed E-state index contributed by atoms with van der Waals surface area (Å²) < 4.78 is 4.92. The summed E-state index contributed by atoms with van der Waals surface area (Å²) in [7, 11) is 0. The number of nitrogens with zero attached hydrogens (tertiary/aromatic N) is 1. The van der Waals surface area contributed by atoms with Crippen LogP contribution in [-0.2, 0) is 14.3 Å². The van der Waals surface area contributed by atoms with Gasteiger partial charge in [0.05, 0.1) is 18.4 Å². The quantitative estimate of drug-likeness (QED) is 0.781. The van der Waals surface area contributed by atoms with Gasteiger partial charge in [0.25, 0.3) is 0 Å². The lowest BCUT2D eigenvalue weighted by Crippen LogP contribution is -2.47. The molecule has 1 aliphatic heterocycles. The normalized spacial score (nSPS) is 25.9. The molecule has 2 rings (SSSR count). The standard InChI is InChI=1S/C13H20N2O5/c1-2-20-13(19)15-5-3-8(4-6-15)14-11(16)9-7-10(9)12(17)18/h8-10H,2-7H2,1H3,(H,14,16)(H,17,18). The molecule has 1 saturated heterocycles. The van der Waals surface area contributed by atoms with Crippen molar-refractivity contribution in [2.24, 2.45) is 11.8 Å². The molecule has 2 atom stereocenters. The summed E-state index contributed by atoms with van der Waals surface area (Å²) in [6.45, 7) is 3.22. The predicted octanol–water partition coefficient (Wildman–Crippen LogP) is 0.444. The van der Waals surface area contributed by atoms with E-state index < -0.39 is 11.9 Å². The molecule has 1 aliphatic carbocycles. The topological polar surface area (TPSA) is 95.9 Å². The van der Waals surface area contributed by atoms with Gasteiger partial charge in [-0.1, -0.05) is 0 Å². The molecule has 7 nitrogen and oxygen atoms in total. The molecule has 1 saturated carbocycles. The molecular formula is C13H20N2O5. The Kier molecular flexibility index (Phi) is 4.46. The van der Waals surface area contributed by atoms with E-state index in [0.717, 1.165) is 0 Å². The second-order valence-corrected chi connectivity index (χ2v) is 5.26. The maximum Gasteiger partial charge on any atom is 0.409 e. The molecule has 0 aromatic carbocycles. The third-order valence-corrected chi connectivity index (χ3v) is 3.81. The lowest BCUT2D eigenvalue weighted by Gasteiger charge is -2.31. The molecule has 7 heteroatoms. The van der Waals surface area contributed by atoms with E-state index >= 15 is 0 Å². The van der Waals surface area contributed by atoms with Crippen LogP contribution in [0.2, 0.25) is 0 Å². The molecule has 2 unspecified atom stereocenters. The number of carboxylic acid groups (broad SMARTS) is 1. The Morgan fingerprint density at radius 2 is 1.90 bits per heavy atom. The van der Waals surface area contributed by atoms with Crippen LogP contribution in [0.15, 0.2) is 0 Å². The summed E-state index contributed by atoms with van der Waals surface area (Å²) in [5.74, 6) is -1.97. The molecule has 0 aromatic heterocycles. The summed E-state index contributed by atoms with van der Waals surface area (Å²) in [6, 6.07) is 0.0169. The Morgan fingerprint density at radius 1 is 1.25 bits per heavy atom. The predicted molar refractivity (Wildman–Crippen MR) is 69.0 cm³/mol. The number of hydrogen-bond donors (Lipinski definition) is 2. The highest BCUT2D eigenvalue weighted by molar-refractivity contribution is 5.89. The van der Waals surface area contributed by atoms with E-state index in [1.807, 2.05) is 0 Å². The van der Waals surface area contributed by atoms with Crippen LogP contribution in [0.5, 0.6) is 0 Å². The van der Waals surface area contributed by atoms with Crippen LogP contribution in [-0.4, -0.2) is 53.7 Å². The molecule has 2 amide bonds.